The maximum Gasteiger partial charge on any atom is 0.0845 e. The lowest BCUT2D eigenvalue weighted by Crippen LogP contribution is -2.60. The summed E-state index contributed by atoms with van der Waals surface area (Å²) in [5.41, 5.74) is 1.31. The van der Waals surface area contributed by atoms with Crippen LogP contribution >= 0.6 is 0 Å². The molecule has 2 aliphatic rings. The molecular formula is C16H29N3O. The summed E-state index contributed by atoms with van der Waals surface area (Å²) in [4.78, 5) is 5.03. The molecule has 2 saturated heterocycles. The molecule has 0 unspecified atom stereocenters. The molecule has 0 aromatic heterocycles. The molecule has 0 spiro atoms. The minimum Gasteiger partial charge on any atom is -0.504 e. The number of rotatable bonds is 4. The van der Waals surface area contributed by atoms with Crippen molar-refractivity contribution in [3.8, 4) is 0 Å². The molecule has 20 heavy (non-hydrogen) atoms. The van der Waals surface area contributed by atoms with E-state index >= 15 is 0 Å². The van der Waals surface area contributed by atoms with Crippen LogP contribution in [0.1, 0.15) is 26.7 Å². The second-order valence-electron chi connectivity index (χ2n) is 6.53. The first kappa shape index (κ1) is 15.4. The Morgan fingerprint density at radius 1 is 1.30 bits per heavy atom. The fourth-order valence-corrected chi connectivity index (χ4v) is 3.26. The molecule has 0 radical (unpaired) electrons. The smallest absolute Gasteiger partial charge is 0.0845 e. The zero-order valence-corrected chi connectivity index (χ0v) is 13.2. The predicted octanol–water partition coefficient (Wildman–Crippen LogP) is 1.81. The van der Waals surface area contributed by atoms with Crippen molar-refractivity contribution in [2.75, 3.05) is 39.8 Å². The molecule has 4 heteroatoms. The Labute approximate surface area is 123 Å². The molecule has 2 heterocycles. The van der Waals surface area contributed by atoms with E-state index in [0.29, 0.717) is 0 Å². The van der Waals surface area contributed by atoms with E-state index in [2.05, 4.69) is 35.5 Å². The van der Waals surface area contributed by atoms with Gasteiger partial charge >= 0.3 is 0 Å². The number of nitrogens with one attached hydrogen (secondary N) is 1. The largest absolute Gasteiger partial charge is 0.504 e. The molecule has 114 valence electrons. The number of ether oxygens (including phenoxy) is 1. The van der Waals surface area contributed by atoms with E-state index in [1.807, 2.05) is 6.08 Å². The number of nitrogens with zero attached hydrogens (tertiary/aromatic N) is 2. The van der Waals surface area contributed by atoms with E-state index in [0.717, 1.165) is 37.9 Å². The summed E-state index contributed by atoms with van der Waals surface area (Å²) in [5.74, 6) is 0. The van der Waals surface area contributed by atoms with Gasteiger partial charge in [0.1, 0.15) is 0 Å². The summed E-state index contributed by atoms with van der Waals surface area (Å²) >= 11 is 0. The van der Waals surface area contributed by atoms with E-state index in [-0.39, 0.29) is 5.54 Å². The molecular weight excluding hydrogens is 250 g/mol. The van der Waals surface area contributed by atoms with Gasteiger partial charge in [0, 0.05) is 50.0 Å². The van der Waals surface area contributed by atoms with E-state index in [9.17, 15) is 0 Å². The van der Waals surface area contributed by atoms with Gasteiger partial charge in [-0.25, -0.2) is 0 Å². The van der Waals surface area contributed by atoms with Gasteiger partial charge in [-0.15, -0.1) is 0 Å². The summed E-state index contributed by atoms with van der Waals surface area (Å²) in [6, 6.07) is 0.729. The zero-order chi connectivity index (χ0) is 14.6. The zero-order valence-electron chi connectivity index (χ0n) is 13.2. The van der Waals surface area contributed by atoms with Gasteiger partial charge < -0.3 is 15.0 Å². The average molecular weight is 279 g/mol. The molecule has 0 bridgehead atoms. The molecule has 0 saturated carbocycles. The van der Waals surface area contributed by atoms with Crippen LogP contribution in [0.3, 0.4) is 0 Å². The number of hydrogen-bond donors (Lipinski definition) is 1. The monoisotopic (exact) mass is 279 g/mol. The molecule has 4 nitrogen and oxygen atoms in total. The Morgan fingerprint density at radius 3 is 2.60 bits per heavy atom. The maximum absolute atomic E-state index is 4.96. The second kappa shape index (κ2) is 6.64. The van der Waals surface area contributed by atoms with Gasteiger partial charge in [0.25, 0.3) is 0 Å². The number of hydrogen-bond acceptors (Lipinski definition) is 4. The molecule has 0 aromatic carbocycles. The highest BCUT2D eigenvalue weighted by Crippen LogP contribution is 2.22. The molecule has 2 rings (SSSR count). The Hall–Kier alpha value is -1.00. The average Bonchev–Trinajstić information content (AvgIpc) is 2.44. The van der Waals surface area contributed by atoms with Crippen molar-refractivity contribution in [3.63, 3.8) is 0 Å². The molecule has 2 aliphatic heterocycles. The van der Waals surface area contributed by atoms with Crippen LogP contribution in [0, 0.1) is 0 Å². The lowest BCUT2D eigenvalue weighted by atomic mass is 9.96. The predicted molar refractivity (Wildman–Crippen MR) is 83.5 cm³/mol. The van der Waals surface area contributed by atoms with Crippen molar-refractivity contribution < 1.29 is 4.74 Å². The van der Waals surface area contributed by atoms with Crippen molar-refractivity contribution in [2.45, 2.75) is 38.3 Å². The van der Waals surface area contributed by atoms with Crippen LogP contribution in [0.25, 0.3) is 0 Å². The van der Waals surface area contributed by atoms with Crippen LogP contribution in [0.2, 0.25) is 0 Å². The fourth-order valence-electron chi connectivity index (χ4n) is 3.26. The van der Waals surface area contributed by atoms with Crippen molar-refractivity contribution in [2.24, 2.45) is 0 Å². The van der Waals surface area contributed by atoms with E-state index in [4.69, 9.17) is 4.74 Å². The van der Waals surface area contributed by atoms with Gasteiger partial charge in [-0.05, 0) is 32.8 Å². The van der Waals surface area contributed by atoms with Crippen LogP contribution in [-0.2, 0) is 4.74 Å². The lowest BCUT2D eigenvalue weighted by molar-refractivity contribution is 0.0730. The van der Waals surface area contributed by atoms with Gasteiger partial charge in [-0.2, -0.15) is 0 Å². The summed E-state index contributed by atoms with van der Waals surface area (Å²) in [6.07, 6.45) is 6.12. The highest BCUT2D eigenvalue weighted by molar-refractivity contribution is 5.12. The quantitative estimate of drug-likeness (QED) is 0.627. The SMILES string of the molecule is C=C(/C=C/OC)N1CCC(N2CCNC(C)(C)C2)CC1. The molecule has 1 N–H and O–H groups in total. The van der Waals surface area contributed by atoms with E-state index in [1.165, 1.54) is 19.4 Å². The van der Waals surface area contributed by atoms with Crippen LogP contribution in [0.5, 0.6) is 0 Å². The number of likely N-dealkylation sites (tertiary alicyclic amines) is 1. The molecule has 0 amide bonds. The molecule has 0 aliphatic carbocycles. The third-order valence-electron chi connectivity index (χ3n) is 4.38. The first-order chi connectivity index (χ1) is 9.52. The number of piperazine rings is 1. The van der Waals surface area contributed by atoms with Crippen LogP contribution in [-0.4, -0.2) is 61.2 Å². The van der Waals surface area contributed by atoms with Crippen molar-refractivity contribution >= 4 is 0 Å². The Morgan fingerprint density at radius 2 is 2.00 bits per heavy atom. The number of piperidine rings is 1. The molecule has 2 fully saturated rings. The van der Waals surface area contributed by atoms with Crippen LogP contribution in [0.4, 0.5) is 0 Å². The van der Waals surface area contributed by atoms with Crippen LogP contribution < -0.4 is 5.32 Å². The third kappa shape index (κ3) is 4.00. The first-order valence-electron chi connectivity index (χ1n) is 7.64. The number of methoxy groups -OCH3 is 1. The summed E-state index contributed by atoms with van der Waals surface area (Å²) in [5, 5.41) is 3.59. The van der Waals surface area contributed by atoms with Crippen molar-refractivity contribution in [1.29, 1.82) is 0 Å². The number of allylic oxidation sites excluding steroid dienone is 1. The van der Waals surface area contributed by atoms with Gasteiger partial charge in [-0.3, -0.25) is 4.90 Å². The standard InChI is InChI=1S/C16H29N3O/c1-14(7-12-20-4)18-9-5-15(6-10-18)19-11-8-17-16(2,3)13-19/h7,12,15,17H,1,5-6,8-11,13H2,2-4H3/b12-7+. The van der Waals surface area contributed by atoms with E-state index in [1.54, 1.807) is 13.4 Å². The normalized spacial score (nSPS) is 25.1. The summed E-state index contributed by atoms with van der Waals surface area (Å²) in [7, 11) is 1.67. The Kier molecular flexibility index (Phi) is 5.11. The highest BCUT2D eigenvalue weighted by atomic mass is 16.5. The van der Waals surface area contributed by atoms with Gasteiger partial charge in [-0.1, -0.05) is 6.58 Å². The summed E-state index contributed by atoms with van der Waals surface area (Å²) < 4.78 is 4.96. The van der Waals surface area contributed by atoms with E-state index < -0.39 is 0 Å². The fraction of sp³-hybridized carbons (Fsp3) is 0.750. The summed E-state index contributed by atoms with van der Waals surface area (Å²) in [6.45, 7) is 14.3. The van der Waals surface area contributed by atoms with Crippen LogP contribution in [0.15, 0.2) is 24.6 Å². The molecule has 0 atom stereocenters. The van der Waals surface area contributed by atoms with Gasteiger partial charge in [0.15, 0.2) is 0 Å². The molecule has 0 aromatic rings. The minimum absolute atomic E-state index is 0.250. The second-order valence-corrected chi connectivity index (χ2v) is 6.53. The van der Waals surface area contributed by atoms with Crippen molar-refractivity contribution in [1.82, 2.24) is 15.1 Å². The maximum atomic E-state index is 4.96. The third-order valence-corrected chi connectivity index (χ3v) is 4.38. The Bertz CT molecular complexity index is 357. The van der Waals surface area contributed by atoms with Gasteiger partial charge in [0.2, 0.25) is 0 Å². The Balaban J connectivity index is 1.82. The van der Waals surface area contributed by atoms with Crippen molar-refractivity contribution in [3.05, 3.63) is 24.6 Å². The topological polar surface area (TPSA) is 27.7 Å². The van der Waals surface area contributed by atoms with Gasteiger partial charge in [0.05, 0.1) is 13.4 Å². The lowest BCUT2D eigenvalue weighted by Gasteiger charge is -2.46. The minimum atomic E-state index is 0.250. The highest BCUT2D eigenvalue weighted by Gasteiger charge is 2.31. The first-order valence-corrected chi connectivity index (χ1v) is 7.64.